The fraction of sp³-hybridized carbons (Fsp3) is 0.471. The highest BCUT2D eigenvalue weighted by molar-refractivity contribution is 7.89. The van der Waals surface area contributed by atoms with Gasteiger partial charge >= 0.3 is 5.97 Å². The average molecular weight is 397 g/mol. The fourth-order valence-electron chi connectivity index (χ4n) is 2.62. The number of hydrogen-bond donors (Lipinski definition) is 2. The van der Waals surface area contributed by atoms with E-state index in [1.807, 2.05) is 0 Å². The number of carbonyl (C=O) groups excluding carboxylic acids is 3. The summed E-state index contributed by atoms with van der Waals surface area (Å²) in [6.07, 6.45) is 1.94. The van der Waals surface area contributed by atoms with Gasteiger partial charge in [0.15, 0.2) is 6.10 Å². The minimum absolute atomic E-state index is 0.0814. The molecule has 1 aliphatic rings. The van der Waals surface area contributed by atoms with Crippen molar-refractivity contribution in [3.8, 4) is 0 Å². The highest BCUT2D eigenvalue weighted by Gasteiger charge is 2.23. The number of amides is 2. The Balaban J connectivity index is 1.87. The normalized spacial score (nSPS) is 16.4. The smallest absolute Gasteiger partial charge is 0.326 e. The molecule has 1 aliphatic heterocycles. The Bertz CT molecular complexity index is 806. The van der Waals surface area contributed by atoms with E-state index < -0.39 is 28.0 Å². The van der Waals surface area contributed by atoms with Crippen molar-refractivity contribution in [1.82, 2.24) is 4.90 Å². The van der Waals surface area contributed by atoms with Gasteiger partial charge < -0.3 is 15.0 Å². The number of anilines is 1. The first-order valence-corrected chi connectivity index (χ1v) is 10.1. The van der Waals surface area contributed by atoms with E-state index in [1.165, 1.54) is 36.1 Å². The number of carbonyl (C=O) groups is 3. The first-order chi connectivity index (χ1) is 12.7. The Morgan fingerprint density at radius 3 is 2.52 bits per heavy atom. The third-order valence-electron chi connectivity index (χ3n) is 4.12. The summed E-state index contributed by atoms with van der Waals surface area (Å²) in [6, 6.07) is 5.27. The molecule has 27 heavy (non-hydrogen) atoms. The molecule has 1 saturated heterocycles. The van der Waals surface area contributed by atoms with Crippen LogP contribution in [0.15, 0.2) is 29.2 Å². The van der Waals surface area contributed by atoms with Crippen molar-refractivity contribution in [2.45, 2.75) is 43.6 Å². The summed E-state index contributed by atoms with van der Waals surface area (Å²) >= 11 is 0. The Morgan fingerprint density at radius 2 is 1.89 bits per heavy atom. The lowest BCUT2D eigenvalue weighted by molar-refractivity contribution is -0.156. The fourth-order valence-corrected chi connectivity index (χ4v) is 3.14. The molecule has 1 aromatic carbocycles. The van der Waals surface area contributed by atoms with Crippen LogP contribution >= 0.6 is 0 Å². The van der Waals surface area contributed by atoms with Gasteiger partial charge in [0.05, 0.1) is 4.90 Å². The molecular formula is C17H23N3O6S. The monoisotopic (exact) mass is 397 g/mol. The molecule has 0 bridgehead atoms. The van der Waals surface area contributed by atoms with Gasteiger partial charge in [0.1, 0.15) is 6.54 Å². The third kappa shape index (κ3) is 6.33. The van der Waals surface area contributed by atoms with Crippen molar-refractivity contribution in [2.75, 3.05) is 18.4 Å². The third-order valence-corrected chi connectivity index (χ3v) is 5.05. The molecule has 0 radical (unpaired) electrons. The number of ether oxygens (including phenoxy) is 1. The van der Waals surface area contributed by atoms with Crippen LogP contribution in [0.4, 0.5) is 5.69 Å². The van der Waals surface area contributed by atoms with Gasteiger partial charge in [-0.15, -0.1) is 0 Å². The van der Waals surface area contributed by atoms with Crippen LogP contribution in [0.5, 0.6) is 0 Å². The highest BCUT2D eigenvalue weighted by Crippen LogP contribution is 2.14. The van der Waals surface area contributed by atoms with E-state index in [0.717, 1.165) is 19.3 Å². The van der Waals surface area contributed by atoms with Gasteiger partial charge in [0, 0.05) is 18.7 Å². The number of hydrogen-bond acceptors (Lipinski definition) is 6. The zero-order valence-electron chi connectivity index (χ0n) is 15.0. The summed E-state index contributed by atoms with van der Waals surface area (Å²) in [5.74, 6) is -1.32. The van der Waals surface area contributed by atoms with Gasteiger partial charge in [-0.25, -0.2) is 13.6 Å². The molecule has 9 nitrogen and oxygen atoms in total. The molecule has 2 rings (SSSR count). The molecule has 2 amide bonds. The number of primary sulfonamides is 1. The number of esters is 1. The van der Waals surface area contributed by atoms with Gasteiger partial charge in [0.2, 0.25) is 15.9 Å². The number of likely N-dealkylation sites (tertiary alicyclic amines) is 1. The largest absolute Gasteiger partial charge is 0.451 e. The Labute approximate surface area is 157 Å². The second kappa shape index (κ2) is 8.96. The molecule has 0 unspecified atom stereocenters. The van der Waals surface area contributed by atoms with Gasteiger partial charge in [-0.1, -0.05) is 6.42 Å². The van der Waals surface area contributed by atoms with Crippen molar-refractivity contribution in [1.29, 1.82) is 0 Å². The standard InChI is InChI=1S/C17H23N3O6S/c1-12(26-16(22)11-20-10-4-2-3-5-15(20)21)17(23)19-13-6-8-14(9-7-13)27(18,24)25/h6-9,12H,2-5,10-11H2,1H3,(H,19,23)(H2,18,24,25)/t12-/m1/s1. The lowest BCUT2D eigenvalue weighted by atomic mass is 10.2. The van der Waals surface area contributed by atoms with Gasteiger partial charge in [-0.3, -0.25) is 14.4 Å². The summed E-state index contributed by atoms with van der Waals surface area (Å²) in [5.41, 5.74) is 0.331. The summed E-state index contributed by atoms with van der Waals surface area (Å²) < 4.78 is 27.5. The van der Waals surface area contributed by atoms with Gasteiger partial charge in [-0.2, -0.15) is 0 Å². The molecule has 1 atom stereocenters. The van der Waals surface area contributed by atoms with Crippen molar-refractivity contribution in [3.05, 3.63) is 24.3 Å². The van der Waals surface area contributed by atoms with Crippen LogP contribution in [0, 0.1) is 0 Å². The number of rotatable bonds is 6. The number of nitrogens with zero attached hydrogens (tertiary/aromatic N) is 1. The molecule has 1 aromatic rings. The molecule has 0 aliphatic carbocycles. The predicted octanol–water partition coefficient (Wildman–Crippen LogP) is 0.607. The number of benzene rings is 1. The van der Waals surface area contributed by atoms with E-state index in [1.54, 1.807) is 0 Å². The quantitative estimate of drug-likeness (QED) is 0.675. The van der Waals surface area contributed by atoms with Crippen molar-refractivity contribution in [2.24, 2.45) is 5.14 Å². The maximum absolute atomic E-state index is 12.1. The molecule has 0 spiro atoms. The summed E-state index contributed by atoms with van der Waals surface area (Å²) in [4.78, 5) is 37.4. The molecule has 3 N–H and O–H groups in total. The van der Waals surface area contributed by atoms with E-state index >= 15 is 0 Å². The van der Waals surface area contributed by atoms with E-state index in [2.05, 4.69) is 5.32 Å². The number of sulfonamides is 1. The van der Waals surface area contributed by atoms with Crippen LogP contribution in [0.3, 0.4) is 0 Å². The first kappa shape index (κ1) is 20.8. The number of nitrogens with two attached hydrogens (primary N) is 1. The minimum Gasteiger partial charge on any atom is -0.451 e. The molecule has 0 aromatic heterocycles. The van der Waals surface area contributed by atoms with Crippen LogP contribution in [-0.2, 0) is 29.1 Å². The van der Waals surface area contributed by atoms with Crippen molar-refractivity contribution < 1.29 is 27.5 Å². The van der Waals surface area contributed by atoms with Crippen molar-refractivity contribution >= 4 is 33.5 Å². The van der Waals surface area contributed by atoms with Crippen molar-refractivity contribution in [3.63, 3.8) is 0 Å². The van der Waals surface area contributed by atoms with E-state index in [-0.39, 0.29) is 17.3 Å². The first-order valence-electron chi connectivity index (χ1n) is 8.58. The van der Waals surface area contributed by atoms with E-state index in [0.29, 0.717) is 18.7 Å². The lowest BCUT2D eigenvalue weighted by Crippen LogP contribution is -2.38. The van der Waals surface area contributed by atoms with Gasteiger partial charge in [-0.05, 0) is 44.0 Å². The Hall–Kier alpha value is -2.46. The lowest BCUT2D eigenvalue weighted by Gasteiger charge is -2.20. The SMILES string of the molecule is C[C@@H](OC(=O)CN1CCCCCC1=O)C(=O)Nc1ccc(S(N)(=O)=O)cc1. The molecular weight excluding hydrogens is 374 g/mol. The zero-order chi connectivity index (χ0) is 20.0. The molecule has 148 valence electrons. The highest BCUT2D eigenvalue weighted by atomic mass is 32.2. The van der Waals surface area contributed by atoms with Crippen LogP contribution in [0.1, 0.15) is 32.6 Å². The van der Waals surface area contributed by atoms with Crippen LogP contribution < -0.4 is 10.5 Å². The predicted molar refractivity (Wildman–Crippen MR) is 97.0 cm³/mol. The summed E-state index contributed by atoms with van der Waals surface area (Å²) in [7, 11) is -3.82. The molecule has 10 heteroatoms. The van der Waals surface area contributed by atoms with Gasteiger partial charge in [0.25, 0.3) is 5.91 Å². The zero-order valence-corrected chi connectivity index (χ0v) is 15.8. The van der Waals surface area contributed by atoms with Crippen LogP contribution in [-0.4, -0.2) is 50.3 Å². The maximum Gasteiger partial charge on any atom is 0.326 e. The van der Waals surface area contributed by atoms with Crippen LogP contribution in [0.25, 0.3) is 0 Å². The van der Waals surface area contributed by atoms with E-state index in [9.17, 15) is 22.8 Å². The maximum atomic E-state index is 12.1. The average Bonchev–Trinajstić information content (AvgIpc) is 2.79. The van der Waals surface area contributed by atoms with E-state index in [4.69, 9.17) is 9.88 Å². The Morgan fingerprint density at radius 1 is 1.22 bits per heavy atom. The summed E-state index contributed by atoms with van der Waals surface area (Å²) in [5, 5.41) is 7.52. The summed E-state index contributed by atoms with van der Waals surface area (Å²) in [6.45, 7) is 1.74. The number of nitrogens with one attached hydrogen (secondary N) is 1. The second-order valence-electron chi connectivity index (χ2n) is 6.32. The minimum atomic E-state index is -3.82. The Kier molecular flexibility index (Phi) is 6.92. The second-order valence-corrected chi connectivity index (χ2v) is 7.88. The molecule has 1 heterocycles. The molecule has 0 saturated carbocycles. The topological polar surface area (TPSA) is 136 Å². The molecule has 1 fully saturated rings. The van der Waals surface area contributed by atoms with Crippen LogP contribution in [0.2, 0.25) is 0 Å².